The van der Waals surface area contributed by atoms with Crippen LogP contribution in [0.3, 0.4) is 0 Å². The van der Waals surface area contributed by atoms with Gasteiger partial charge < -0.3 is 15.5 Å². The number of hydrogen-bond donors (Lipinski definition) is 1. The van der Waals surface area contributed by atoms with Crippen LogP contribution in [0.2, 0.25) is 0 Å². The van der Waals surface area contributed by atoms with E-state index in [0.29, 0.717) is 23.5 Å². The van der Waals surface area contributed by atoms with Gasteiger partial charge in [-0.2, -0.15) is 0 Å². The molecule has 1 unspecified atom stereocenters. The van der Waals surface area contributed by atoms with Gasteiger partial charge in [0.25, 0.3) is 0 Å². The molecule has 7 heteroatoms. The quantitative estimate of drug-likeness (QED) is 0.830. The standard InChI is InChI=1S/C21H27N5O2/c1-5-15(6-2)26-16(7-3)21(28)25(4)17-12-23-19(24-20(17)26)14-10-8-9-13(11-14)18(22)27/h8-12,15-16H,5-7H2,1-4H3,(H2,22,27). The molecule has 0 saturated heterocycles. The summed E-state index contributed by atoms with van der Waals surface area (Å²) >= 11 is 0. The van der Waals surface area contributed by atoms with Crippen molar-refractivity contribution in [3.63, 3.8) is 0 Å². The number of likely N-dealkylation sites (N-methyl/N-ethyl adjacent to an activating group) is 1. The Hall–Kier alpha value is -2.96. The molecule has 1 aliphatic heterocycles. The maximum Gasteiger partial charge on any atom is 0.249 e. The molecule has 0 saturated carbocycles. The van der Waals surface area contributed by atoms with Crippen molar-refractivity contribution in [2.24, 2.45) is 5.73 Å². The van der Waals surface area contributed by atoms with Crippen molar-refractivity contribution in [3.05, 3.63) is 36.0 Å². The molecular formula is C21H27N5O2. The van der Waals surface area contributed by atoms with Crippen molar-refractivity contribution < 1.29 is 9.59 Å². The van der Waals surface area contributed by atoms with Crippen LogP contribution >= 0.6 is 0 Å². The van der Waals surface area contributed by atoms with Crippen LogP contribution in [0, 0.1) is 0 Å². The molecule has 1 aliphatic rings. The van der Waals surface area contributed by atoms with E-state index in [0.717, 1.165) is 24.2 Å². The summed E-state index contributed by atoms with van der Waals surface area (Å²) in [6.07, 6.45) is 4.23. The minimum absolute atomic E-state index is 0.0639. The minimum Gasteiger partial charge on any atom is -0.366 e. The lowest BCUT2D eigenvalue weighted by molar-refractivity contribution is -0.120. The normalized spacial score (nSPS) is 16.5. The molecule has 2 aromatic rings. The molecule has 1 aromatic carbocycles. The number of anilines is 2. The summed E-state index contributed by atoms with van der Waals surface area (Å²) in [7, 11) is 1.77. The topological polar surface area (TPSA) is 92.4 Å². The lowest BCUT2D eigenvalue weighted by atomic mass is 10.0. The number of carbonyl (C=O) groups excluding carboxylic acids is 2. The zero-order valence-electron chi connectivity index (χ0n) is 16.8. The van der Waals surface area contributed by atoms with E-state index in [-0.39, 0.29) is 18.0 Å². The number of primary amides is 1. The van der Waals surface area contributed by atoms with Crippen LogP contribution in [-0.2, 0) is 4.79 Å². The SMILES string of the molecule is CCC(CC)N1c2nc(-c3cccc(C(N)=O)c3)ncc2N(C)C(=O)C1CC. The van der Waals surface area contributed by atoms with Crippen LogP contribution in [0.25, 0.3) is 11.4 Å². The minimum atomic E-state index is -0.491. The van der Waals surface area contributed by atoms with E-state index in [4.69, 9.17) is 10.7 Å². The summed E-state index contributed by atoms with van der Waals surface area (Å²) in [4.78, 5) is 37.5. The molecule has 148 valence electrons. The third-order valence-electron chi connectivity index (χ3n) is 5.44. The first-order chi connectivity index (χ1) is 13.4. The van der Waals surface area contributed by atoms with Gasteiger partial charge in [-0.05, 0) is 31.4 Å². The van der Waals surface area contributed by atoms with Gasteiger partial charge in [-0.15, -0.1) is 0 Å². The molecule has 0 aliphatic carbocycles. The van der Waals surface area contributed by atoms with Gasteiger partial charge in [0.2, 0.25) is 11.8 Å². The molecule has 1 atom stereocenters. The first-order valence-electron chi connectivity index (χ1n) is 9.76. The van der Waals surface area contributed by atoms with Gasteiger partial charge in [0.1, 0.15) is 11.7 Å². The Morgan fingerprint density at radius 2 is 1.96 bits per heavy atom. The zero-order chi connectivity index (χ0) is 20.4. The number of amides is 2. The van der Waals surface area contributed by atoms with E-state index in [1.807, 2.05) is 13.0 Å². The fourth-order valence-corrected chi connectivity index (χ4v) is 3.83. The van der Waals surface area contributed by atoms with Crippen LogP contribution in [0.1, 0.15) is 50.4 Å². The highest BCUT2D eigenvalue weighted by Crippen LogP contribution is 2.38. The Balaban J connectivity index is 2.16. The summed E-state index contributed by atoms with van der Waals surface area (Å²) in [5.41, 5.74) is 7.24. The molecule has 0 fully saturated rings. The third kappa shape index (κ3) is 3.32. The van der Waals surface area contributed by atoms with Crippen LogP contribution in [-0.4, -0.2) is 40.9 Å². The van der Waals surface area contributed by atoms with E-state index < -0.39 is 5.91 Å². The monoisotopic (exact) mass is 381 g/mol. The molecule has 3 rings (SSSR count). The summed E-state index contributed by atoms with van der Waals surface area (Å²) < 4.78 is 0. The predicted molar refractivity (Wildman–Crippen MR) is 110 cm³/mol. The number of carbonyl (C=O) groups is 2. The second-order valence-corrected chi connectivity index (χ2v) is 7.05. The highest BCUT2D eigenvalue weighted by molar-refractivity contribution is 6.04. The third-order valence-corrected chi connectivity index (χ3v) is 5.44. The Morgan fingerprint density at radius 3 is 2.57 bits per heavy atom. The number of rotatable bonds is 6. The number of nitrogens with zero attached hydrogens (tertiary/aromatic N) is 4. The largest absolute Gasteiger partial charge is 0.366 e. The van der Waals surface area contributed by atoms with Crippen molar-refractivity contribution in [1.82, 2.24) is 9.97 Å². The van der Waals surface area contributed by atoms with Gasteiger partial charge in [-0.1, -0.05) is 32.9 Å². The Bertz CT molecular complexity index is 894. The Kier molecular flexibility index (Phi) is 5.63. The van der Waals surface area contributed by atoms with E-state index in [9.17, 15) is 9.59 Å². The lowest BCUT2D eigenvalue weighted by Gasteiger charge is -2.44. The van der Waals surface area contributed by atoms with E-state index in [2.05, 4.69) is 23.7 Å². The van der Waals surface area contributed by atoms with Crippen molar-refractivity contribution in [2.75, 3.05) is 16.8 Å². The van der Waals surface area contributed by atoms with Gasteiger partial charge in [-0.3, -0.25) is 9.59 Å². The molecule has 2 amide bonds. The first-order valence-corrected chi connectivity index (χ1v) is 9.76. The van der Waals surface area contributed by atoms with Crippen LogP contribution in [0.5, 0.6) is 0 Å². The Labute approximate surface area is 165 Å². The second kappa shape index (κ2) is 7.96. The molecule has 2 N–H and O–H groups in total. The smallest absolute Gasteiger partial charge is 0.249 e. The van der Waals surface area contributed by atoms with Crippen molar-refractivity contribution in [2.45, 2.75) is 52.1 Å². The Morgan fingerprint density at radius 1 is 1.25 bits per heavy atom. The van der Waals surface area contributed by atoms with Gasteiger partial charge in [0.15, 0.2) is 11.6 Å². The van der Waals surface area contributed by atoms with Crippen molar-refractivity contribution >= 4 is 23.3 Å². The molecular weight excluding hydrogens is 354 g/mol. The van der Waals surface area contributed by atoms with E-state index >= 15 is 0 Å². The molecule has 7 nitrogen and oxygen atoms in total. The van der Waals surface area contributed by atoms with Crippen LogP contribution in [0.4, 0.5) is 11.5 Å². The van der Waals surface area contributed by atoms with Gasteiger partial charge in [0, 0.05) is 24.2 Å². The summed E-state index contributed by atoms with van der Waals surface area (Å²) in [6, 6.07) is 6.94. The lowest BCUT2D eigenvalue weighted by Crippen LogP contribution is -2.56. The maximum absolute atomic E-state index is 12.9. The average molecular weight is 381 g/mol. The van der Waals surface area contributed by atoms with E-state index in [1.165, 1.54) is 0 Å². The molecule has 2 heterocycles. The number of fused-ring (bicyclic) bond motifs is 1. The summed E-state index contributed by atoms with van der Waals surface area (Å²) in [5.74, 6) is 0.844. The molecule has 0 bridgehead atoms. The average Bonchev–Trinajstić information content (AvgIpc) is 2.72. The first kappa shape index (κ1) is 19.8. The van der Waals surface area contributed by atoms with Gasteiger partial charge in [-0.25, -0.2) is 9.97 Å². The highest BCUT2D eigenvalue weighted by Gasteiger charge is 2.39. The fraction of sp³-hybridized carbons (Fsp3) is 0.429. The molecule has 28 heavy (non-hydrogen) atoms. The number of hydrogen-bond acceptors (Lipinski definition) is 5. The number of aromatic nitrogens is 2. The second-order valence-electron chi connectivity index (χ2n) is 7.05. The van der Waals surface area contributed by atoms with Crippen molar-refractivity contribution in [3.8, 4) is 11.4 Å². The van der Waals surface area contributed by atoms with Gasteiger partial charge in [0.05, 0.1) is 6.20 Å². The van der Waals surface area contributed by atoms with E-state index in [1.54, 1.807) is 36.3 Å². The maximum atomic E-state index is 12.9. The number of nitrogens with two attached hydrogens (primary N) is 1. The van der Waals surface area contributed by atoms with Crippen LogP contribution < -0.4 is 15.5 Å². The van der Waals surface area contributed by atoms with Crippen LogP contribution in [0.15, 0.2) is 30.5 Å². The molecule has 0 radical (unpaired) electrons. The van der Waals surface area contributed by atoms with Crippen molar-refractivity contribution in [1.29, 1.82) is 0 Å². The summed E-state index contributed by atoms with van der Waals surface area (Å²) in [6.45, 7) is 6.28. The molecule has 1 aromatic heterocycles. The zero-order valence-corrected chi connectivity index (χ0v) is 16.8. The highest BCUT2D eigenvalue weighted by atomic mass is 16.2. The van der Waals surface area contributed by atoms with Gasteiger partial charge >= 0.3 is 0 Å². The predicted octanol–water partition coefficient (Wildman–Crippen LogP) is 2.99. The molecule has 0 spiro atoms. The number of benzene rings is 1. The fourth-order valence-electron chi connectivity index (χ4n) is 3.83. The summed E-state index contributed by atoms with van der Waals surface area (Å²) in [5, 5.41) is 0.